The standard InChI is InChI=1S/C19H20N2O4/c1-13(10-18(23)15-4-3-9-20-12-15)21-17(19(24)25-2)11-14-5-7-16(22)8-6-14/h3-10,12,17,21-22H,11H2,1-2H3/b13-10-. The van der Waals surface area contributed by atoms with E-state index in [0.717, 1.165) is 5.56 Å². The van der Waals surface area contributed by atoms with Crippen molar-refractivity contribution in [2.24, 2.45) is 0 Å². The number of aromatic hydroxyl groups is 1. The minimum Gasteiger partial charge on any atom is -0.508 e. The van der Waals surface area contributed by atoms with E-state index in [0.29, 0.717) is 17.7 Å². The number of carbonyl (C=O) groups excluding carboxylic acids is 2. The first-order valence-corrected chi connectivity index (χ1v) is 7.74. The Bertz CT molecular complexity index is 755. The SMILES string of the molecule is COC(=O)C(Cc1ccc(O)cc1)N/C(C)=C\C(=O)c1cccnc1. The lowest BCUT2D eigenvalue weighted by molar-refractivity contribution is -0.142. The minimum absolute atomic E-state index is 0.157. The fraction of sp³-hybridized carbons (Fsp3) is 0.211. The molecule has 0 bridgehead atoms. The van der Waals surface area contributed by atoms with Crippen LogP contribution in [0.3, 0.4) is 0 Å². The van der Waals surface area contributed by atoms with Crippen molar-refractivity contribution in [3.63, 3.8) is 0 Å². The van der Waals surface area contributed by atoms with Crippen molar-refractivity contribution in [1.29, 1.82) is 0 Å². The van der Waals surface area contributed by atoms with Crippen LogP contribution in [-0.4, -0.2) is 35.0 Å². The number of pyridine rings is 1. The van der Waals surface area contributed by atoms with E-state index in [9.17, 15) is 14.7 Å². The summed E-state index contributed by atoms with van der Waals surface area (Å²) in [6.45, 7) is 1.71. The Morgan fingerprint density at radius 1 is 1.28 bits per heavy atom. The molecule has 1 aromatic carbocycles. The zero-order chi connectivity index (χ0) is 18.2. The van der Waals surface area contributed by atoms with Crippen LogP contribution in [0, 0.1) is 0 Å². The number of hydrogen-bond donors (Lipinski definition) is 2. The molecule has 130 valence electrons. The molecule has 6 heteroatoms. The summed E-state index contributed by atoms with van der Waals surface area (Å²) < 4.78 is 4.83. The number of phenols is 1. The van der Waals surface area contributed by atoms with Gasteiger partial charge in [-0.05, 0) is 36.8 Å². The summed E-state index contributed by atoms with van der Waals surface area (Å²) in [7, 11) is 1.31. The molecule has 25 heavy (non-hydrogen) atoms. The molecule has 2 aromatic rings. The monoisotopic (exact) mass is 340 g/mol. The van der Waals surface area contributed by atoms with E-state index in [1.54, 1.807) is 49.5 Å². The quantitative estimate of drug-likeness (QED) is 0.457. The van der Waals surface area contributed by atoms with Crippen LogP contribution in [0.15, 0.2) is 60.6 Å². The van der Waals surface area contributed by atoms with Crippen LogP contribution in [-0.2, 0) is 16.0 Å². The number of allylic oxidation sites excluding steroid dienone is 2. The number of nitrogens with one attached hydrogen (secondary N) is 1. The van der Waals surface area contributed by atoms with E-state index < -0.39 is 12.0 Å². The summed E-state index contributed by atoms with van der Waals surface area (Å²) in [6, 6.07) is 9.28. The highest BCUT2D eigenvalue weighted by Gasteiger charge is 2.20. The molecule has 0 radical (unpaired) electrons. The average molecular weight is 340 g/mol. The van der Waals surface area contributed by atoms with E-state index in [-0.39, 0.29) is 11.5 Å². The second kappa shape index (κ2) is 8.63. The van der Waals surface area contributed by atoms with Crippen molar-refractivity contribution in [2.45, 2.75) is 19.4 Å². The Labute approximate surface area is 146 Å². The number of ketones is 1. The van der Waals surface area contributed by atoms with Gasteiger partial charge in [-0.1, -0.05) is 12.1 Å². The third-order valence-corrected chi connectivity index (χ3v) is 3.56. The normalized spacial score (nSPS) is 12.3. The van der Waals surface area contributed by atoms with Gasteiger partial charge >= 0.3 is 5.97 Å². The number of benzene rings is 1. The molecule has 0 saturated carbocycles. The maximum absolute atomic E-state index is 12.2. The number of nitrogens with zero attached hydrogens (tertiary/aromatic N) is 1. The third kappa shape index (κ3) is 5.46. The molecule has 1 heterocycles. The summed E-state index contributed by atoms with van der Waals surface area (Å²) >= 11 is 0. The van der Waals surface area contributed by atoms with Gasteiger partial charge in [0, 0.05) is 36.2 Å². The lowest BCUT2D eigenvalue weighted by Gasteiger charge is -2.18. The van der Waals surface area contributed by atoms with Crippen molar-refractivity contribution in [1.82, 2.24) is 10.3 Å². The van der Waals surface area contributed by atoms with E-state index in [1.807, 2.05) is 0 Å². The molecule has 0 fully saturated rings. The summed E-state index contributed by atoms with van der Waals surface area (Å²) in [5.41, 5.74) is 1.87. The van der Waals surface area contributed by atoms with E-state index in [2.05, 4.69) is 10.3 Å². The van der Waals surface area contributed by atoms with Crippen molar-refractivity contribution in [3.05, 3.63) is 71.7 Å². The summed E-state index contributed by atoms with van der Waals surface area (Å²) in [5.74, 6) is -0.481. The third-order valence-electron chi connectivity index (χ3n) is 3.56. The van der Waals surface area contributed by atoms with E-state index in [4.69, 9.17) is 4.74 Å². The molecule has 0 amide bonds. The largest absolute Gasteiger partial charge is 0.508 e. The lowest BCUT2D eigenvalue weighted by Crippen LogP contribution is -2.38. The first kappa shape index (κ1) is 18.2. The molecule has 1 unspecified atom stereocenters. The van der Waals surface area contributed by atoms with Gasteiger partial charge < -0.3 is 15.2 Å². The molecule has 2 N–H and O–H groups in total. The van der Waals surface area contributed by atoms with Crippen LogP contribution in [0.1, 0.15) is 22.8 Å². The highest BCUT2D eigenvalue weighted by Crippen LogP contribution is 2.12. The molecule has 6 nitrogen and oxygen atoms in total. The van der Waals surface area contributed by atoms with Crippen molar-refractivity contribution >= 4 is 11.8 Å². The zero-order valence-electron chi connectivity index (χ0n) is 14.1. The number of methoxy groups -OCH3 is 1. The maximum Gasteiger partial charge on any atom is 0.328 e. The molecule has 2 rings (SSSR count). The van der Waals surface area contributed by atoms with Gasteiger partial charge in [0.15, 0.2) is 5.78 Å². The van der Waals surface area contributed by atoms with Crippen LogP contribution in [0.25, 0.3) is 0 Å². The first-order chi connectivity index (χ1) is 12.0. The average Bonchev–Trinajstić information content (AvgIpc) is 2.63. The van der Waals surface area contributed by atoms with Gasteiger partial charge in [-0.15, -0.1) is 0 Å². The maximum atomic E-state index is 12.2. The summed E-state index contributed by atoms with van der Waals surface area (Å²) in [6.07, 6.45) is 4.86. The number of phenolic OH excluding ortho intramolecular Hbond substituents is 1. The first-order valence-electron chi connectivity index (χ1n) is 7.74. The lowest BCUT2D eigenvalue weighted by atomic mass is 10.1. The molecular weight excluding hydrogens is 320 g/mol. The van der Waals surface area contributed by atoms with E-state index >= 15 is 0 Å². The van der Waals surface area contributed by atoms with E-state index in [1.165, 1.54) is 19.4 Å². The van der Waals surface area contributed by atoms with Crippen molar-refractivity contribution in [3.8, 4) is 5.75 Å². The van der Waals surface area contributed by atoms with Gasteiger partial charge in [0.25, 0.3) is 0 Å². The van der Waals surface area contributed by atoms with Crippen LogP contribution >= 0.6 is 0 Å². The topological polar surface area (TPSA) is 88.5 Å². The number of hydrogen-bond acceptors (Lipinski definition) is 6. The van der Waals surface area contributed by atoms with Gasteiger partial charge in [0.2, 0.25) is 0 Å². The van der Waals surface area contributed by atoms with Gasteiger partial charge in [-0.2, -0.15) is 0 Å². The number of carbonyl (C=O) groups is 2. The van der Waals surface area contributed by atoms with Gasteiger partial charge in [0.1, 0.15) is 11.8 Å². The number of aromatic nitrogens is 1. The fourth-order valence-corrected chi connectivity index (χ4v) is 2.31. The molecule has 0 spiro atoms. The molecule has 0 saturated heterocycles. The predicted molar refractivity (Wildman–Crippen MR) is 93.1 cm³/mol. The molecular formula is C19H20N2O4. The Morgan fingerprint density at radius 3 is 2.60 bits per heavy atom. The molecule has 1 atom stereocenters. The molecule has 0 aliphatic rings. The predicted octanol–water partition coefficient (Wildman–Crippen LogP) is 2.25. The Hall–Kier alpha value is -3.15. The van der Waals surface area contributed by atoms with Crippen LogP contribution in [0.5, 0.6) is 5.75 Å². The van der Waals surface area contributed by atoms with Crippen molar-refractivity contribution in [2.75, 3.05) is 7.11 Å². The van der Waals surface area contributed by atoms with Crippen LogP contribution in [0.4, 0.5) is 0 Å². The second-order valence-corrected chi connectivity index (χ2v) is 5.52. The number of rotatable bonds is 7. The molecule has 0 aliphatic carbocycles. The molecule has 0 aliphatic heterocycles. The van der Waals surface area contributed by atoms with Crippen molar-refractivity contribution < 1.29 is 19.4 Å². The van der Waals surface area contributed by atoms with Crippen LogP contribution < -0.4 is 5.32 Å². The fourth-order valence-electron chi connectivity index (χ4n) is 2.31. The minimum atomic E-state index is -0.646. The second-order valence-electron chi connectivity index (χ2n) is 5.52. The number of ether oxygens (including phenoxy) is 1. The zero-order valence-corrected chi connectivity index (χ0v) is 14.1. The smallest absolute Gasteiger partial charge is 0.328 e. The van der Waals surface area contributed by atoms with Gasteiger partial charge in [-0.25, -0.2) is 4.79 Å². The molecule has 1 aromatic heterocycles. The van der Waals surface area contributed by atoms with Crippen LogP contribution in [0.2, 0.25) is 0 Å². The Kier molecular flexibility index (Phi) is 6.28. The summed E-state index contributed by atoms with van der Waals surface area (Å²) in [4.78, 5) is 28.1. The van der Waals surface area contributed by atoms with Gasteiger partial charge in [0.05, 0.1) is 7.11 Å². The highest BCUT2D eigenvalue weighted by molar-refractivity contribution is 6.04. The highest BCUT2D eigenvalue weighted by atomic mass is 16.5. The number of esters is 1. The Balaban J connectivity index is 2.10. The summed E-state index contributed by atoms with van der Waals surface area (Å²) in [5, 5.41) is 12.4. The van der Waals surface area contributed by atoms with Gasteiger partial charge in [-0.3, -0.25) is 9.78 Å². The Morgan fingerprint density at radius 2 is 2.00 bits per heavy atom.